The van der Waals surface area contributed by atoms with Crippen LogP contribution in [-0.4, -0.2) is 59.0 Å². The topological polar surface area (TPSA) is 122 Å². The first-order valence-corrected chi connectivity index (χ1v) is 15.9. The van der Waals surface area contributed by atoms with Crippen molar-refractivity contribution < 1.29 is 8.42 Å². The van der Waals surface area contributed by atoms with Crippen molar-refractivity contribution in [2.45, 2.75) is 69.5 Å². The fraction of sp³-hybridized carbons (Fsp3) is 0.400. The largest absolute Gasteiger partial charge is 0.351 e. The fourth-order valence-electron chi connectivity index (χ4n) is 5.54. The highest BCUT2D eigenvalue weighted by atomic mass is 35.5. The third-order valence-corrected chi connectivity index (χ3v) is 9.65. The zero-order valence-corrected chi connectivity index (χ0v) is 26.0. The van der Waals surface area contributed by atoms with Gasteiger partial charge in [-0.05, 0) is 90.9 Å². The summed E-state index contributed by atoms with van der Waals surface area (Å²) >= 11 is 6.10. The van der Waals surface area contributed by atoms with E-state index in [-0.39, 0.29) is 27.3 Å². The number of rotatable bonds is 8. The van der Waals surface area contributed by atoms with Crippen LogP contribution in [0, 0.1) is 6.92 Å². The van der Waals surface area contributed by atoms with Crippen LogP contribution in [-0.2, 0) is 10.0 Å². The Hall–Kier alpha value is -3.54. The van der Waals surface area contributed by atoms with Gasteiger partial charge < -0.3 is 10.2 Å². The molecule has 5 rings (SSSR count). The lowest BCUT2D eigenvalue weighted by molar-refractivity contribution is 0.221. The monoisotopic (exact) mass is 609 g/mol. The molecule has 0 aliphatic heterocycles. The SMILES string of the molecule is Cc1nc(NS(=O)(=O)c2ccccc2Cl)ccc1-c1cc2cnc(N[C@H]3CC[C@H](N(C)C)CC3)nc2n(C(C)C)c1=O. The summed E-state index contributed by atoms with van der Waals surface area (Å²) in [7, 11) is 0.300. The van der Waals surface area contributed by atoms with E-state index in [0.717, 1.165) is 31.1 Å². The van der Waals surface area contributed by atoms with E-state index in [1.165, 1.54) is 18.2 Å². The van der Waals surface area contributed by atoms with Crippen molar-refractivity contribution in [3.05, 3.63) is 69.7 Å². The van der Waals surface area contributed by atoms with Gasteiger partial charge in [0, 0.05) is 46.5 Å². The molecule has 0 radical (unpaired) electrons. The minimum Gasteiger partial charge on any atom is -0.351 e. The van der Waals surface area contributed by atoms with Crippen LogP contribution in [0.25, 0.3) is 22.2 Å². The van der Waals surface area contributed by atoms with Crippen LogP contribution in [0.5, 0.6) is 0 Å². The van der Waals surface area contributed by atoms with E-state index in [1.54, 1.807) is 42.0 Å². The van der Waals surface area contributed by atoms with Crippen LogP contribution in [0.2, 0.25) is 5.02 Å². The van der Waals surface area contributed by atoms with Crippen molar-refractivity contribution >= 4 is 44.4 Å². The van der Waals surface area contributed by atoms with Gasteiger partial charge in [-0.25, -0.2) is 18.4 Å². The van der Waals surface area contributed by atoms with Gasteiger partial charge in [0.2, 0.25) is 5.95 Å². The lowest BCUT2D eigenvalue weighted by Gasteiger charge is -2.33. The number of halogens is 1. The zero-order valence-electron chi connectivity index (χ0n) is 24.4. The predicted octanol–water partition coefficient (Wildman–Crippen LogP) is 5.48. The minimum absolute atomic E-state index is 0.0420. The summed E-state index contributed by atoms with van der Waals surface area (Å²) in [6.45, 7) is 5.63. The summed E-state index contributed by atoms with van der Waals surface area (Å²) in [5.74, 6) is 0.644. The van der Waals surface area contributed by atoms with E-state index < -0.39 is 10.0 Å². The van der Waals surface area contributed by atoms with Crippen molar-refractivity contribution in [1.29, 1.82) is 0 Å². The van der Waals surface area contributed by atoms with Crippen LogP contribution < -0.4 is 15.6 Å². The molecule has 0 bridgehead atoms. The van der Waals surface area contributed by atoms with Gasteiger partial charge in [0.25, 0.3) is 15.6 Å². The van der Waals surface area contributed by atoms with E-state index >= 15 is 0 Å². The number of sulfonamides is 1. The van der Waals surface area contributed by atoms with Gasteiger partial charge in [-0.15, -0.1) is 0 Å². The first-order valence-electron chi connectivity index (χ1n) is 14.0. The number of nitrogens with zero attached hydrogens (tertiary/aromatic N) is 5. The van der Waals surface area contributed by atoms with Gasteiger partial charge >= 0.3 is 0 Å². The quantitative estimate of drug-likeness (QED) is 0.269. The summed E-state index contributed by atoms with van der Waals surface area (Å²) in [5.41, 5.74) is 1.88. The van der Waals surface area contributed by atoms with Crippen molar-refractivity contribution in [1.82, 2.24) is 24.4 Å². The molecular weight excluding hydrogens is 574 g/mol. The van der Waals surface area contributed by atoms with Crippen LogP contribution in [0.3, 0.4) is 0 Å². The number of nitrogens with one attached hydrogen (secondary N) is 2. The summed E-state index contributed by atoms with van der Waals surface area (Å²) in [6, 6.07) is 11.9. The van der Waals surface area contributed by atoms with E-state index in [9.17, 15) is 13.2 Å². The van der Waals surface area contributed by atoms with Gasteiger partial charge in [0.05, 0.1) is 5.02 Å². The Kier molecular flexibility index (Phi) is 8.54. The average molecular weight is 610 g/mol. The standard InChI is InChI=1S/C30H36ClN7O3S/c1-18(2)38-28-20(17-32-30(35-28)34-21-10-12-22(13-11-21)37(4)5)16-24(29(38)39)23-14-15-27(33-19(23)3)36-42(40,41)26-9-7-6-8-25(26)31/h6-9,14-18,21-22H,10-13H2,1-5H3,(H,33,36)(H,32,34,35)/t21-,22-. The maximum absolute atomic E-state index is 13.8. The molecule has 3 aromatic heterocycles. The second-order valence-electron chi connectivity index (χ2n) is 11.3. The molecule has 1 fully saturated rings. The number of benzene rings is 1. The normalized spacial score (nSPS) is 17.6. The summed E-state index contributed by atoms with van der Waals surface area (Å²) in [6.07, 6.45) is 6.05. The van der Waals surface area contributed by atoms with Crippen molar-refractivity contribution in [3.8, 4) is 11.1 Å². The van der Waals surface area contributed by atoms with Crippen LogP contribution in [0.1, 0.15) is 51.3 Å². The molecule has 3 heterocycles. The lowest BCUT2D eigenvalue weighted by Crippen LogP contribution is -2.36. The molecule has 0 atom stereocenters. The van der Waals surface area contributed by atoms with E-state index in [0.29, 0.717) is 40.5 Å². The molecule has 1 aromatic carbocycles. The molecule has 0 saturated heterocycles. The number of hydrogen-bond acceptors (Lipinski definition) is 8. The number of pyridine rings is 2. The van der Waals surface area contributed by atoms with Crippen molar-refractivity contribution in [2.24, 2.45) is 0 Å². The molecule has 10 nitrogen and oxygen atoms in total. The van der Waals surface area contributed by atoms with Gasteiger partial charge in [0.15, 0.2) is 0 Å². The van der Waals surface area contributed by atoms with Crippen molar-refractivity contribution in [3.63, 3.8) is 0 Å². The van der Waals surface area contributed by atoms with E-state index in [1.807, 2.05) is 13.8 Å². The van der Waals surface area contributed by atoms with Gasteiger partial charge in [-0.3, -0.25) is 14.1 Å². The Bertz CT molecular complexity index is 1780. The van der Waals surface area contributed by atoms with Gasteiger partial charge in [0.1, 0.15) is 16.4 Å². The first kappa shape index (κ1) is 29.9. The Balaban J connectivity index is 1.45. The molecule has 12 heteroatoms. The lowest BCUT2D eigenvalue weighted by atomic mass is 9.91. The Morgan fingerprint density at radius 1 is 1.02 bits per heavy atom. The summed E-state index contributed by atoms with van der Waals surface area (Å²) in [5, 5.41) is 4.32. The summed E-state index contributed by atoms with van der Waals surface area (Å²) < 4.78 is 29.9. The molecule has 1 aliphatic carbocycles. The molecular formula is C30H36ClN7O3S. The minimum atomic E-state index is -3.95. The van der Waals surface area contributed by atoms with Crippen LogP contribution in [0.15, 0.2) is 58.4 Å². The molecule has 1 saturated carbocycles. The predicted molar refractivity (Wildman–Crippen MR) is 168 cm³/mol. The first-order chi connectivity index (χ1) is 19.9. The molecule has 42 heavy (non-hydrogen) atoms. The van der Waals surface area contributed by atoms with Crippen LogP contribution in [0.4, 0.5) is 11.8 Å². The number of hydrogen-bond donors (Lipinski definition) is 2. The smallest absolute Gasteiger partial charge is 0.264 e. The Morgan fingerprint density at radius 2 is 1.74 bits per heavy atom. The van der Waals surface area contributed by atoms with E-state index in [4.69, 9.17) is 16.6 Å². The highest BCUT2D eigenvalue weighted by molar-refractivity contribution is 7.92. The number of fused-ring (bicyclic) bond motifs is 1. The highest BCUT2D eigenvalue weighted by Gasteiger charge is 2.24. The zero-order chi connectivity index (χ0) is 30.2. The average Bonchev–Trinajstić information content (AvgIpc) is 2.93. The maximum Gasteiger partial charge on any atom is 0.264 e. The maximum atomic E-state index is 13.8. The third-order valence-electron chi connectivity index (χ3n) is 7.79. The number of aromatic nitrogens is 4. The summed E-state index contributed by atoms with van der Waals surface area (Å²) in [4.78, 5) is 29.9. The second-order valence-corrected chi connectivity index (χ2v) is 13.3. The third kappa shape index (κ3) is 6.13. The van der Waals surface area contributed by atoms with Crippen LogP contribution >= 0.6 is 11.6 Å². The highest BCUT2D eigenvalue weighted by Crippen LogP contribution is 2.28. The fourth-order valence-corrected chi connectivity index (χ4v) is 7.06. The molecule has 4 aromatic rings. The molecule has 0 amide bonds. The van der Waals surface area contributed by atoms with Gasteiger partial charge in [-0.1, -0.05) is 23.7 Å². The molecule has 0 unspecified atom stereocenters. The van der Waals surface area contributed by atoms with Gasteiger partial charge in [-0.2, -0.15) is 4.98 Å². The Morgan fingerprint density at radius 3 is 2.38 bits per heavy atom. The number of aryl methyl sites for hydroxylation is 1. The Labute approximate surface area is 251 Å². The molecule has 2 N–H and O–H groups in total. The second kappa shape index (κ2) is 12.0. The molecule has 1 aliphatic rings. The number of anilines is 2. The van der Waals surface area contributed by atoms with Crippen molar-refractivity contribution in [2.75, 3.05) is 24.1 Å². The molecule has 0 spiro atoms. The van der Waals surface area contributed by atoms with E-state index in [2.05, 4.69) is 39.0 Å². The molecule has 222 valence electrons.